The molecule has 0 radical (unpaired) electrons. The van der Waals surface area contributed by atoms with Crippen LogP contribution >= 0.6 is 23.2 Å². The SMILES string of the molecule is CCC(C)[C@H](C)c1c(Cl)ccc(F)c1Cl. The third-order valence-corrected chi connectivity index (χ3v) is 3.75. The minimum Gasteiger partial charge on any atom is -0.205 e. The Hall–Kier alpha value is -0.270. The maximum absolute atomic E-state index is 13.3. The summed E-state index contributed by atoms with van der Waals surface area (Å²) < 4.78 is 13.3. The lowest BCUT2D eigenvalue weighted by Gasteiger charge is -2.21. The van der Waals surface area contributed by atoms with Crippen LogP contribution in [-0.4, -0.2) is 0 Å². The largest absolute Gasteiger partial charge is 0.205 e. The zero-order chi connectivity index (χ0) is 11.6. The van der Waals surface area contributed by atoms with Crippen LogP contribution in [0.25, 0.3) is 0 Å². The summed E-state index contributed by atoms with van der Waals surface area (Å²) in [7, 11) is 0. The first kappa shape index (κ1) is 12.8. The molecular formula is C12H15Cl2F. The third kappa shape index (κ3) is 2.64. The molecule has 15 heavy (non-hydrogen) atoms. The van der Waals surface area contributed by atoms with Gasteiger partial charge in [0.15, 0.2) is 0 Å². The molecule has 0 nitrogen and oxygen atoms in total. The Labute approximate surface area is 100 Å². The molecule has 84 valence electrons. The van der Waals surface area contributed by atoms with Crippen LogP contribution in [0.15, 0.2) is 12.1 Å². The van der Waals surface area contributed by atoms with Gasteiger partial charge in [-0.2, -0.15) is 0 Å². The van der Waals surface area contributed by atoms with Gasteiger partial charge in [-0.1, -0.05) is 50.4 Å². The van der Waals surface area contributed by atoms with Gasteiger partial charge in [0.2, 0.25) is 0 Å². The summed E-state index contributed by atoms with van der Waals surface area (Å²) in [5.74, 6) is 0.207. The number of hydrogen-bond acceptors (Lipinski definition) is 0. The van der Waals surface area contributed by atoms with Crippen LogP contribution in [0.5, 0.6) is 0 Å². The van der Waals surface area contributed by atoms with E-state index < -0.39 is 5.82 Å². The lowest BCUT2D eigenvalue weighted by Crippen LogP contribution is -2.07. The standard InChI is InChI=1S/C12H15Cl2F/c1-4-7(2)8(3)11-9(13)5-6-10(15)12(11)14/h5-8H,4H2,1-3H3/t7?,8-/m0/s1. The Kier molecular flexibility index (Phi) is 4.42. The van der Waals surface area contributed by atoms with Gasteiger partial charge in [0.05, 0.1) is 5.02 Å². The summed E-state index contributed by atoms with van der Waals surface area (Å²) >= 11 is 12.0. The molecule has 1 aromatic rings. The summed E-state index contributed by atoms with van der Waals surface area (Å²) in [5.41, 5.74) is 0.729. The molecule has 2 atom stereocenters. The van der Waals surface area contributed by atoms with Gasteiger partial charge in [-0.05, 0) is 29.5 Å². The highest BCUT2D eigenvalue weighted by Crippen LogP contribution is 2.37. The van der Waals surface area contributed by atoms with E-state index >= 15 is 0 Å². The molecule has 0 aromatic heterocycles. The van der Waals surface area contributed by atoms with Crippen LogP contribution in [0.2, 0.25) is 10.0 Å². The lowest BCUT2D eigenvalue weighted by molar-refractivity contribution is 0.471. The first-order chi connectivity index (χ1) is 6.99. The molecule has 1 unspecified atom stereocenters. The topological polar surface area (TPSA) is 0 Å². The second kappa shape index (κ2) is 5.18. The number of rotatable bonds is 3. The predicted molar refractivity (Wildman–Crippen MR) is 64.3 cm³/mol. The highest BCUT2D eigenvalue weighted by atomic mass is 35.5. The minimum atomic E-state index is -0.397. The Bertz CT molecular complexity index is 350. The Morgan fingerprint density at radius 1 is 1.27 bits per heavy atom. The number of hydrogen-bond donors (Lipinski definition) is 0. The molecule has 1 aromatic carbocycles. The van der Waals surface area contributed by atoms with E-state index in [1.165, 1.54) is 6.07 Å². The van der Waals surface area contributed by atoms with Crippen LogP contribution in [0.1, 0.15) is 38.7 Å². The summed E-state index contributed by atoms with van der Waals surface area (Å²) in [5, 5.41) is 0.713. The Morgan fingerprint density at radius 3 is 2.40 bits per heavy atom. The van der Waals surface area contributed by atoms with Crippen molar-refractivity contribution >= 4 is 23.2 Å². The van der Waals surface area contributed by atoms with Crippen LogP contribution in [0.3, 0.4) is 0 Å². The molecule has 0 saturated carbocycles. The molecule has 0 aliphatic rings. The molecular weight excluding hydrogens is 234 g/mol. The average Bonchev–Trinajstić information content (AvgIpc) is 2.22. The smallest absolute Gasteiger partial charge is 0.142 e. The van der Waals surface area contributed by atoms with Gasteiger partial charge in [-0.15, -0.1) is 0 Å². The molecule has 0 aliphatic carbocycles. The normalized spacial score (nSPS) is 15.1. The van der Waals surface area contributed by atoms with Crippen LogP contribution in [0, 0.1) is 11.7 Å². The Balaban J connectivity index is 3.18. The highest BCUT2D eigenvalue weighted by molar-refractivity contribution is 6.36. The molecule has 0 saturated heterocycles. The molecule has 0 N–H and O–H groups in total. The zero-order valence-electron chi connectivity index (χ0n) is 9.15. The number of halogens is 3. The fourth-order valence-corrected chi connectivity index (χ4v) is 2.31. The van der Waals surface area contributed by atoms with Crippen molar-refractivity contribution in [3.05, 3.63) is 33.6 Å². The summed E-state index contributed by atoms with van der Waals surface area (Å²) in [6, 6.07) is 2.87. The monoisotopic (exact) mass is 248 g/mol. The van der Waals surface area contributed by atoms with E-state index in [1.54, 1.807) is 6.07 Å². The van der Waals surface area contributed by atoms with E-state index in [0.717, 1.165) is 12.0 Å². The fraction of sp³-hybridized carbons (Fsp3) is 0.500. The van der Waals surface area contributed by atoms with E-state index in [-0.39, 0.29) is 10.9 Å². The molecule has 0 spiro atoms. The predicted octanol–water partition coefficient (Wildman–Crippen LogP) is 5.28. The summed E-state index contributed by atoms with van der Waals surface area (Å²) in [6.07, 6.45) is 1.02. The first-order valence-corrected chi connectivity index (χ1v) is 5.88. The van der Waals surface area contributed by atoms with E-state index in [0.29, 0.717) is 10.9 Å². The van der Waals surface area contributed by atoms with Crippen molar-refractivity contribution < 1.29 is 4.39 Å². The lowest BCUT2D eigenvalue weighted by atomic mass is 9.87. The molecule has 0 amide bonds. The first-order valence-electron chi connectivity index (χ1n) is 5.12. The third-order valence-electron chi connectivity index (χ3n) is 3.03. The van der Waals surface area contributed by atoms with Crippen LogP contribution < -0.4 is 0 Å². The van der Waals surface area contributed by atoms with Gasteiger partial charge < -0.3 is 0 Å². The molecule has 3 heteroatoms. The zero-order valence-corrected chi connectivity index (χ0v) is 10.7. The van der Waals surface area contributed by atoms with Crippen molar-refractivity contribution in [2.24, 2.45) is 5.92 Å². The van der Waals surface area contributed by atoms with Gasteiger partial charge in [-0.3, -0.25) is 0 Å². The quantitative estimate of drug-likeness (QED) is 0.639. The molecule has 0 bridgehead atoms. The number of benzene rings is 1. The van der Waals surface area contributed by atoms with Crippen molar-refractivity contribution in [3.8, 4) is 0 Å². The van der Waals surface area contributed by atoms with Crippen molar-refractivity contribution in [1.82, 2.24) is 0 Å². The second-order valence-electron chi connectivity index (χ2n) is 3.93. The van der Waals surface area contributed by atoms with Crippen molar-refractivity contribution in [2.45, 2.75) is 33.1 Å². The summed E-state index contributed by atoms with van der Waals surface area (Å²) in [6.45, 7) is 6.24. The fourth-order valence-electron chi connectivity index (χ4n) is 1.60. The van der Waals surface area contributed by atoms with Gasteiger partial charge >= 0.3 is 0 Å². The molecule has 1 rings (SSSR count). The van der Waals surface area contributed by atoms with Crippen molar-refractivity contribution in [2.75, 3.05) is 0 Å². The van der Waals surface area contributed by atoms with E-state index in [1.807, 2.05) is 6.92 Å². The van der Waals surface area contributed by atoms with E-state index in [4.69, 9.17) is 23.2 Å². The van der Waals surface area contributed by atoms with E-state index in [2.05, 4.69) is 13.8 Å². The van der Waals surface area contributed by atoms with Crippen molar-refractivity contribution in [3.63, 3.8) is 0 Å². The molecule has 0 aliphatic heterocycles. The molecule has 0 fully saturated rings. The van der Waals surface area contributed by atoms with Gasteiger partial charge in [0.1, 0.15) is 5.82 Å². The maximum atomic E-state index is 13.3. The minimum absolute atomic E-state index is 0.162. The highest BCUT2D eigenvalue weighted by Gasteiger charge is 2.20. The van der Waals surface area contributed by atoms with Crippen LogP contribution in [-0.2, 0) is 0 Å². The van der Waals surface area contributed by atoms with Gasteiger partial charge in [-0.25, -0.2) is 4.39 Å². The average molecular weight is 249 g/mol. The molecule has 0 heterocycles. The second-order valence-corrected chi connectivity index (χ2v) is 4.72. The van der Waals surface area contributed by atoms with Crippen LogP contribution in [0.4, 0.5) is 4.39 Å². The van der Waals surface area contributed by atoms with Gasteiger partial charge in [0.25, 0.3) is 0 Å². The van der Waals surface area contributed by atoms with Crippen molar-refractivity contribution in [1.29, 1.82) is 0 Å². The van der Waals surface area contributed by atoms with E-state index in [9.17, 15) is 4.39 Å². The summed E-state index contributed by atoms with van der Waals surface area (Å²) in [4.78, 5) is 0. The van der Waals surface area contributed by atoms with Gasteiger partial charge in [0, 0.05) is 5.02 Å². The maximum Gasteiger partial charge on any atom is 0.142 e. The Morgan fingerprint density at radius 2 is 1.87 bits per heavy atom.